The molecule has 0 unspecified atom stereocenters. The summed E-state index contributed by atoms with van der Waals surface area (Å²) >= 11 is 0. The maximum absolute atomic E-state index is 8.60. The molecule has 4 heteroatoms. The third-order valence-corrected chi connectivity index (χ3v) is 1.56. The first-order valence-electron chi connectivity index (χ1n) is 3.57. The zero-order valence-electron chi connectivity index (χ0n) is 7.06. The highest BCUT2D eigenvalue weighted by Crippen LogP contribution is 2.17. The second kappa shape index (κ2) is 4.12. The molecule has 0 saturated carbocycles. The largest absolute Gasteiger partial charge is 0.496 e. The van der Waals surface area contributed by atoms with Crippen molar-refractivity contribution in [3.63, 3.8) is 0 Å². The minimum atomic E-state index is 0.496. The van der Waals surface area contributed by atoms with Crippen molar-refractivity contribution in [3.8, 4) is 11.8 Å². The van der Waals surface area contributed by atoms with Crippen molar-refractivity contribution in [3.05, 3.63) is 29.3 Å². The number of rotatable bonds is 2. The second-order valence-electron chi connectivity index (χ2n) is 2.31. The van der Waals surface area contributed by atoms with E-state index in [1.165, 1.54) is 13.3 Å². The van der Waals surface area contributed by atoms with Crippen LogP contribution in [0.2, 0.25) is 0 Å². The van der Waals surface area contributed by atoms with Crippen molar-refractivity contribution >= 4 is 6.21 Å². The van der Waals surface area contributed by atoms with Crippen molar-refractivity contribution in [2.75, 3.05) is 7.11 Å². The number of methoxy groups -OCH3 is 1. The van der Waals surface area contributed by atoms with Crippen LogP contribution in [0.3, 0.4) is 0 Å². The van der Waals surface area contributed by atoms with Crippen LogP contribution < -0.4 is 4.74 Å². The van der Waals surface area contributed by atoms with Gasteiger partial charge in [-0.1, -0.05) is 5.16 Å². The monoisotopic (exact) mass is 176 g/mol. The maximum Gasteiger partial charge on any atom is 0.127 e. The molecule has 1 aromatic carbocycles. The third-order valence-electron chi connectivity index (χ3n) is 1.56. The molecule has 1 N–H and O–H groups in total. The van der Waals surface area contributed by atoms with Crippen molar-refractivity contribution in [1.82, 2.24) is 0 Å². The lowest BCUT2D eigenvalue weighted by atomic mass is 10.1. The molecule has 4 nitrogen and oxygen atoms in total. The smallest absolute Gasteiger partial charge is 0.127 e. The maximum atomic E-state index is 8.60. The van der Waals surface area contributed by atoms with Crippen LogP contribution in [0.25, 0.3) is 0 Å². The fourth-order valence-corrected chi connectivity index (χ4v) is 0.967. The summed E-state index contributed by atoms with van der Waals surface area (Å²) in [6.45, 7) is 0. The second-order valence-corrected chi connectivity index (χ2v) is 2.31. The first-order valence-corrected chi connectivity index (χ1v) is 3.57. The minimum absolute atomic E-state index is 0.496. The van der Waals surface area contributed by atoms with Crippen molar-refractivity contribution in [2.24, 2.45) is 5.16 Å². The molecule has 0 bridgehead atoms. The minimum Gasteiger partial charge on any atom is -0.496 e. The molecule has 0 spiro atoms. The van der Waals surface area contributed by atoms with Gasteiger partial charge in [-0.25, -0.2) is 0 Å². The van der Waals surface area contributed by atoms with Gasteiger partial charge in [-0.2, -0.15) is 5.26 Å². The summed E-state index contributed by atoms with van der Waals surface area (Å²) < 4.78 is 4.99. The van der Waals surface area contributed by atoms with Gasteiger partial charge < -0.3 is 9.94 Å². The van der Waals surface area contributed by atoms with Crippen molar-refractivity contribution in [1.29, 1.82) is 5.26 Å². The Morgan fingerprint density at radius 2 is 2.38 bits per heavy atom. The Morgan fingerprint density at radius 3 is 2.92 bits per heavy atom. The summed E-state index contributed by atoms with van der Waals surface area (Å²) in [5.41, 5.74) is 1.07. The summed E-state index contributed by atoms with van der Waals surface area (Å²) in [6.07, 6.45) is 1.22. The molecule has 0 heterocycles. The molecule has 13 heavy (non-hydrogen) atoms. The van der Waals surface area contributed by atoms with E-state index in [2.05, 4.69) is 5.16 Å². The number of ether oxygens (including phenoxy) is 1. The highest BCUT2D eigenvalue weighted by atomic mass is 16.5. The van der Waals surface area contributed by atoms with Crippen LogP contribution in [0.15, 0.2) is 23.4 Å². The quantitative estimate of drug-likeness (QED) is 0.420. The number of nitrogens with zero attached hydrogens (tertiary/aromatic N) is 2. The van der Waals surface area contributed by atoms with E-state index in [1.54, 1.807) is 18.2 Å². The van der Waals surface area contributed by atoms with E-state index in [-0.39, 0.29) is 0 Å². The van der Waals surface area contributed by atoms with Gasteiger partial charge >= 0.3 is 0 Å². The highest BCUT2D eigenvalue weighted by molar-refractivity contribution is 5.83. The molecule has 1 aromatic rings. The first-order chi connectivity index (χ1) is 6.31. The molecule has 0 aliphatic rings. The van der Waals surface area contributed by atoms with E-state index in [9.17, 15) is 0 Å². The van der Waals surface area contributed by atoms with E-state index in [0.29, 0.717) is 16.9 Å². The van der Waals surface area contributed by atoms with Gasteiger partial charge in [0.25, 0.3) is 0 Å². The molecule has 1 rings (SSSR count). The average Bonchev–Trinajstić information content (AvgIpc) is 2.18. The lowest BCUT2D eigenvalue weighted by Crippen LogP contribution is -1.91. The van der Waals surface area contributed by atoms with Crippen LogP contribution in [0, 0.1) is 11.3 Å². The summed E-state index contributed by atoms with van der Waals surface area (Å²) in [6, 6.07) is 6.84. The standard InChI is InChI=1S/C9H8N2O2/c1-13-9-3-2-7(5-10)4-8(9)6-11-12/h2-4,6,12H,1H3. The molecule has 66 valence electrons. The van der Waals surface area contributed by atoms with E-state index in [0.717, 1.165) is 0 Å². The van der Waals surface area contributed by atoms with Gasteiger partial charge in [0.1, 0.15) is 5.75 Å². The Balaban J connectivity index is 3.19. The van der Waals surface area contributed by atoms with Gasteiger partial charge in [-0.05, 0) is 18.2 Å². The summed E-state index contributed by atoms with van der Waals surface area (Å²) in [7, 11) is 1.51. The Labute approximate surface area is 75.7 Å². The molecular weight excluding hydrogens is 168 g/mol. The molecule has 0 fully saturated rings. The van der Waals surface area contributed by atoms with Crippen LogP contribution in [0.4, 0.5) is 0 Å². The zero-order chi connectivity index (χ0) is 9.68. The van der Waals surface area contributed by atoms with Gasteiger partial charge in [-0.15, -0.1) is 0 Å². The highest BCUT2D eigenvalue weighted by Gasteiger charge is 2.01. The van der Waals surface area contributed by atoms with E-state index < -0.39 is 0 Å². The predicted octanol–water partition coefficient (Wildman–Crippen LogP) is 1.37. The zero-order valence-corrected chi connectivity index (χ0v) is 7.06. The molecule has 0 radical (unpaired) electrons. The number of benzene rings is 1. The average molecular weight is 176 g/mol. The van der Waals surface area contributed by atoms with Crippen molar-refractivity contribution < 1.29 is 9.94 Å². The summed E-state index contributed by atoms with van der Waals surface area (Å²) in [5.74, 6) is 0.566. The number of hydrogen-bond acceptors (Lipinski definition) is 4. The predicted molar refractivity (Wildman–Crippen MR) is 47.1 cm³/mol. The molecule has 0 atom stereocenters. The van der Waals surface area contributed by atoms with Crippen LogP contribution in [-0.4, -0.2) is 18.5 Å². The van der Waals surface area contributed by atoms with Gasteiger partial charge in [0.2, 0.25) is 0 Å². The lowest BCUT2D eigenvalue weighted by Gasteiger charge is -2.02. The third kappa shape index (κ3) is 1.97. The summed E-state index contributed by atoms with van der Waals surface area (Å²) in [4.78, 5) is 0. The van der Waals surface area contributed by atoms with Crippen LogP contribution in [-0.2, 0) is 0 Å². The Bertz CT molecular complexity index is 366. The van der Waals surface area contributed by atoms with E-state index >= 15 is 0 Å². The number of hydrogen-bond donors (Lipinski definition) is 1. The first kappa shape index (κ1) is 9.07. The number of nitriles is 1. The van der Waals surface area contributed by atoms with E-state index in [1.807, 2.05) is 6.07 Å². The Morgan fingerprint density at radius 1 is 1.62 bits per heavy atom. The SMILES string of the molecule is COc1ccc(C#N)cc1C=NO. The topological polar surface area (TPSA) is 65.6 Å². The van der Waals surface area contributed by atoms with Crippen molar-refractivity contribution in [2.45, 2.75) is 0 Å². The fourth-order valence-electron chi connectivity index (χ4n) is 0.967. The normalized spacial score (nSPS) is 9.85. The van der Waals surface area contributed by atoms with Gasteiger partial charge in [0.15, 0.2) is 0 Å². The van der Waals surface area contributed by atoms with Crippen LogP contribution >= 0.6 is 0 Å². The van der Waals surface area contributed by atoms with Gasteiger partial charge in [0, 0.05) is 5.56 Å². The lowest BCUT2D eigenvalue weighted by molar-refractivity contribution is 0.321. The van der Waals surface area contributed by atoms with Gasteiger partial charge in [0.05, 0.1) is 25.0 Å². The van der Waals surface area contributed by atoms with Crippen LogP contribution in [0.5, 0.6) is 5.75 Å². The molecule has 0 amide bonds. The molecule has 0 saturated heterocycles. The number of oxime groups is 1. The Hall–Kier alpha value is -2.02. The van der Waals surface area contributed by atoms with Crippen LogP contribution in [0.1, 0.15) is 11.1 Å². The molecule has 0 aliphatic heterocycles. The summed E-state index contributed by atoms with van der Waals surface area (Å²) in [5, 5.41) is 19.8. The van der Waals surface area contributed by atoms with E-state index in [4.69, 9.17) is 15.2 Å². The van der Waals surface area contributed by atoms with Gasteiger partial charge in [-0.3, -0.25) is 0 Å². The molecule has 0 aliphatic carbocycles. The molecule has 0 aromatic heterocycles. The Kier molecular flexibility index (Phi) is 2.87. The fraction of sp³-hybridized carbons (Fsp3) is 0.111. The molecular formula is C9H8N2O2.